The quantitative estimate of drug-likeness (QED) is 0.882. The van der Waals surface area contributed by atoms with E-state index < -0.39 is 10.0 Å². The summed E-state index contributed by atoms with van der Waals surface area (Å²) in [5, 5.41) is 3.79. The zero-order valence-electron chi connectivity index (χ0n) is 11.0. The van der Waals surface area contributed by atoms with Gasteiger partial charge in [-0.05, 0) is 31.4 Å². The van der Waals surface area contributed by atoms with Gasteiger partial charge < -0.3 is 4.52 Å². The van der Waals surface area contributed by atoms with Crippen molar-refractivity contribution in [1.82, 2.24) is 14.9 Å². The molecule has 2 aromatic heterocycles. The second-order valence-electron chi connectivity index (χ2n) is 4.72. The maximum Gasteiger partial charge on any atom is 0.250 e. The molecule has 8 heteroatoms. The van der Waals surface area contributed by atoms with E-state index >= 15 is 0 Å². The van der Waals surface area contributed by atoms with E-state index in [1.54, 1.807) is 6.07 Å². The number of hydrogen-bond donors (Lipinski definition) is 1. The molecule has 108 valence electrons. The van der Waals surface area contributed by atoms with Crippen molar-refractivity contribution in [3.05, 3.63) is 28.7 Å². The standard InChI is InChI=1S/C12H15N3O3S2/c1-2-9-5-6-11(19-9)20(16,17)13-7-10-14-12(18-15-10)8-3-4-8/h5-6,8,13H,2-4,7H2,1H3. The highest BCUT2D eigenvalue weighted by molar-refractivity contribution is 7.91. The number of rotatable bonds is 6. The lowest BCUT2D eigenvalue weighted by atomic mass is 10.4. The molecule has 2 aromatic rings. The van der Waals surface area contributed by atoms with Crippen LogP contribution >= 0.6 is 11.3 Å². The summed E-state index contributed by atoms with van der Waals surface area (Å²) in [6.45, 7) is 2.05. The first-order valence-corrected chi connectivity index (χ1v) is 8.79. The SMILES string of the molecule is CCc1ccc(S(=O)(=O)NCc2noc(C3CC3)n2)s1. The molecule has 0 amide bonds. The molecule has 1 aliphatic rings. The predicted octanol–water partition coefficient (Wildman–Crippen LogP) is 2.05. The van der Waals surface area contributed by atoms with Gasteiger partial charge in [0.2, 0.25) is 15.9 Å². The lowest BCUT2D eigenvalue weighted by molar-refractivity contribution is 0.373. The molecular formula is C12H15N3O3S2. The van der Waals surface area contributed by atoms with Crippen molar-refractivity contribution in [2.75, 3.05) is 0 Å². The van der Waals surface area contributed by atoms with Crippen molar-refractivity contribution >= 4 is 21.4 Å². The fraction of sp³-hybridized carbons (Fsp3) is 0.500. The molecule has 6 nitrogen and oxygen atoms in total. The number of sulfonamides is 1. The van der Waals surface area contributed by atoms with Crippen LogP contribution < -0.4 is 4.72 Å². The molecule has 1 saturated carbocycles. The second-order valence-corrected chi connectivity index (χ2v) is 7.88. The first-order valence-electron chi connectivity index (χ1n) is 6.49. The van der Waals surface area contributed by atoms with Gasteiger partial charge in [0.15, 0.2) is 5.82 Å². The van der Waals surface area contributed by atoms with Crippen molar-refractivity contribution in [3.8, 4) is 0 Å². The largest absolute Gasteiger partial charge is 0.339 e. The number of nitrogens with one attached hydrogen (secondary N) is 1. The van der Waals surface area contributed by atoms with Crippen LogP contribution in [0, 0.1) is 0 Å². The number of hydrogen-bond acceptors (Lipinski definition) is 6. The summed E-state index contributed by atoms with van der Waals surface area (Å²) in [4.78, 5) is 5.23. The fourth-order valence-electron chi connectivity index (χ4n) is 1.76. The van der Waals surface area contributed by atoms with Crippen LogP contribution in [0.15, 0.2) is 20.9 Å². The Labute approximate surface area is 121 Å². The predicted molar refractivity (Wildman–Crippen MR) is 74.0 cm³/mol. The van der Waals surface area contributed by atoms with Gasteiger partial charge >= 0.3 is 0 Å². The van der Waals surface area contributed by atoms with E-state index in [-0.39, 0.29) is 6.54 Å². The monoisotopic (exact) mass is 313 g/mol. The zero-order chi connectivity index (χ0) is 14.2. The Balaban J connectivity index is 1.66. The average molecular weight is 313 g/mol. The highest BCUT2D eigenvalue weighted by atomic mass is 32.2. The first-order chi connectivity index (χ1) is 9.58. The smallest absolute Gasteiger partial charge is 0.250 e. The van der Waals surface area contributed by atoms with Gasteiger partial charge in [-0.3, -0.25) is 0 Å². The van der Waals surface area contributed by atoms with Crippen molar-refractivity contribution in [2.45, 2.75) is 42.9 Å². The van der Waals surface area contributed by atoms with E-state index in [1.165, 1.54) is 11.3 Å². The number of thiophene rings is 1. The third-order valence-electron chi connectivity index (χ3n) is 3.08. The third-order valence-corrected chi connectivity index (χ3v) is 6.20. The molecule has 1 aliphatic carbocycles. The minimum Gasteiger partial charge on any atom is -0.339 e. The van der Waals surface area contributed by atoms with Crippen LogP contribution in [0.2, 0.25) is 0 Å². The van der Waals surface area contributed by atoms with Crippen LogP contribution in [0.3, 0.4) is 0 Å². The fourth-order valence-corrected chi connectivity index (χ4v) is 4.08. The van der Waals surface area contributed by atoms with Crippen LogP contribution in [-0.2, 0) is 23.0 Å². The van der Waals surface area contributed by atoms with E-state index in [9.17, 15) is 8.42 Å². The summed E-state index contributed by atoms with van der Waals surface area (Å²) in [6.07, 6.45) is 2.97. The maximum atomic E-state index is 12.1. The van der Waals surface area contributed by atoms with Gasteiger partial charge in [-0.1, -0.05) is 12.1 Å². The van der Waals surface area contributed by atoms with Crippen LogP contribution in [-0.4, -0.2) is 18.6 Å². The molecule has 3 rings (SSSR count). The number of aromatic nitrogens is 2. The highest BCUT2D eigenvalue weighted by Crippen LogP contribution is 2.38. The van der Waals surface area contributed by atoms with Gasteiger partial charge in [0.05, 0.1) is 6.54 Å². The summed E-state index contributed by atoms with van der Waals surface area (Å²) < 4.78 is 32.1. The first kappa shape index (κ1) is 13.7. The minimum atomic E-state index is -3.50. The molecule has 0 aromatic carbocycles. The van der Waals surface area contributed by atoms with Crippen LogP contribution in [0.4, 0.5) is 0 Å². The second kappa shape index (κ2) is 5.27. The molecule has 0 unspecified atom stereocenters. The van der Waals surface area contributed by atoms with Crippen molar-refractivity contribution < 1.29 is 12.9 Å². The van der Waals surface area contributed by atoms with Crippen LogP contribution in [0.25, 0.3) is 0 Å². The van der Waals surface area contributed by atoms with Gasteiger partial charge in [0.1, 0.15) is 4.21 Å². The van der Waals surface area contributed by atoms with Crippen molar-refractivity contribution in [3.63, 3.8) is 0 Å². The molecule has 20 heavy (non-hydrogen) atoms. The lowest BCUT2D eigenvalue weighted by Gasteiger charge is -2.01. The Morgan fingerprint density at radius 2 is 2.25 bits per heavy atom. The molecule has 0 radical (unpaired) electrons. The van der Waals surface area contributed by atoms with Crippen molar-refractivity contribution in [2.24, 2.45) is 0 Å². The van der Waals surface area contributed by atoms with Crippen LogP contribution in [0.1, 0.15) is 42.3 Å². The molecule has 0 aliphatic heterocycles. The molecule has 0 saturated heterocycles. The molecule has 1 N–H and O–H groups in total. The van der Waals surface area contributed by atoms with Gasteiger partial charge in [-0.25, -0.2) is 13.1 Å². The molecule has 0 bridgehead atoms. The average Bonchev–Trinajstić information content (AvgIpc) is 2.99. The Kier molecular flexibility index (Phi) is 3.61. The van der Waals surface area contributed by atoms with E-state index in [4.69, 9.17) is 4.52 Å². The Morgan fingerprint density at radius 3 is 2.90 bits per heavy atom. The summed E-state index contributed by atoms with van der Waals surface area (Å²) >= 11 is 1.28. The minimum absolute atomic E-state index is 0.0535. The lowest BCUT2D eigenvalue weighted by Crippen LogP contribution is -2.23. The molecule has 1 fully saturated rings. The van der Waals surface area contributed by atoms with E-state index in [1.807, 2.05) is 13.0 Å². The molecule has 0 spiro atoms. The zero-order valence-corrected chi connectivity index (χ0v) is 12.6. The Hall–Kier alpha value is -1.25. The topological polar surface area (TPSA) is 85.1 Å². The Bertz CT molecular complexity index is 701. The third kappa shape index (κ3) is 2.92. The molecular weight excluding hydrogens is 298 g/mol. The van der Waals surface area contributed by atoms with Gasteiger partial charge in [0.25, 0.3) is 0 Å². The van der Waals surface area contributed by atoms with E-state index in [2.05, 4.69) is 14.9 Å². The van der Waals surface area contributed by atoms with Crippen molar-refractivity contribution in [1.29, 1.82) is 0 Å². The summed E-state index contributed by atoms with van der Waals surface area (Å²) in [7, 11) is -3.50. The van der Waals surface area contributed by atoms with E-state index in [0.29, 0.717) is 21.8 Å². The van der Waals surface area contributed by atoms with E-state index in [0.717, 1.165) is 24.1 Å². The van der Waals surface area contributed by atoms with Gasteiger partial charge in [0, 0.05) is 10.8 Å². The normalized spacial score (nSPS) is 15.7. The maximum absolute atomic E-state index is 12.1. The molecule has 0 atom stereocenters. The Morgan fingerprint density at radius 1 is 1.45 bits per heavy atom. The number of nitrogens with zero attached hydrogens (tertiary/aromatic N) is 2. The van der Waals surface area contributed by atoms with Gasteiger partial charge in [-0.2, -0.15) is 4.98 Å². The molecule has 2 heterocycles. The summed E-state index contributed by atoms with van der Waals surface area (Å²) in [5.74, 6) is 1.36. The summed E-state index contributed by atoms with van der Waals surface area (Å²) in [6, 6.07) is 3.45. The number of aryl methyl sites for hydroxylation is 1. The summed E-state index contributed by atoms with van der Waals surface area (Å²) in [5.41, 5.74) is 0. The van der Waals surface area contributed by atoms with Gasteiger partial charge in [-0.15, -0.1) is 11.3 Å². The van der Waals surface area contributed by atoms with Crippen LogP contribution in [0.5, 0.6) is 0 Å². The highest BCUT2D eigenvalue weighted by Gasteiger charge is 2.29.